The van der Waals surface area contributed by atoms with Crippen molar-refractivity contribution in [1.29, 1.82) is 0 Å². The molecule has 0 radical (unpaired) electrons. The second kappa shape index (κ2) is 11.4. The second-order valence-corrected chi connectivity index (χ2v) is 11.9. The predicted molar refractivity (Wildman–Crippen MR) is 148 cm³/mol. The molecule has 0 saturated carbocycles. The largest absolute Gasteiger partial charge is 0.543 e. The summed E-state index contributed by atoms with van der Waals surface area (Å²) in [4.78, 5) is 63.4. The fourth-order valence-corrected chi connectivity index (χ4v) is 7.02. The minimum atomic E-state index is -2.02. The maximum absolute atomic E-state index is 12.9. The van der Waals surface area contributed by atoms with Gasteiger partial charge in [-0.2, -0.15) is 0 Å². The normalized spacial score (nSPS) is 19.9. The molecule has 41 heavy (non-hydrogen) atoms. The van der Waals surface area contributed by atoms with Crippen molar-refractivity contribution in [2.75, 3.05) is 28.7 Å². The number of rotatable bonds is 10. The average molecular weight is 624 g/mol. The number of thioether (sulfide) groups is 2. The third-order valence-electron chi connectivity index (χ3n) is 6.37. The SMILES string of the molecule is Cc1c(N)nc(SCC2=C(C(=O)[O-])N3C(=O)C(NC(=O)/C=N\O[C@](C)(C(=O)O)c4csc(N)n4)C3SC2)[n+](C)c1N. The lowest BCUT2D eigenvalue weighted by molar-refractivity contribution is -0.699. The molecule has 218 valence electrons. The highest BCUT2D eigenvalue weighted by Gasteiger charge is 2.52. The van der Waals surface area contributed by atoms with E-state index in [1.54, 1.807) is 18.5 Å². The van der Waals surface area contributed by atoms with Crippen LogP contribution in [0.2, 0.25) is 0 Å². The molecule has 2 aromatic rings. The van der Waals surface area contributed by atoms with Crippen LogP contribution in [0.25, 0.3) is 0 Å². The Kier molecular flexibility index (Phi) is 8.31. The summed E-state index contributed by atoms with van der Waals surface area (Å²) in [7, 11) is 1.70. The number of nitrogen functional groups attached to an aromatic ring is 3. The number of thiazole rings is 1. The lowest BCUT2D eigenvalue weighted by Gasteiger charge is -2.50. The zero-order valence-electron chi connectivity index (χ0n) is 21.8. The van der Waals surface area contributed by atoms with Crippen LogP contribution in [-0.2, 0) is 36.7 Å². The molecular weight excluding hydrogens is 598 g/mol. The summed E-state index contributed by atoms with van der Waals surface area (Å²) in [5.74, 6) is -3.39. The summed E-state index contributed by atoms with van der Waals surface area (Å²) in [6, 6.07) is -1.05. The van der Waals surface area contributed by atoms with Crippen molar-refractivity contribution < 1.29 is 38.8 Å². The van der Waals surface area contributed by atoms with Crippen LogP contribution in [0.5, 0.6) is 0 Å². The van der Waals surface area contributed by atoms with Gasteiger partial charge in [-0.25, -0.2) is 14.3 Å². The van der Waals surface area contributed by atoms with Gasteiger partial charge < -0.3 is 42.4 Å². The van der Waals surface area contributed by atoms with Crippen LogP contribution in [0, 0.1) is 6.92 Å². The molecule has 2 aromatic heterocycles. The van der Waals surface area contributed by atoms with E-state index >= 15 is 0 Å². The number of aromatic nitrogens is 3. The van der Waals surface area contributed by atoms with E-state index in [0.29, 0.717) is 28.3 Å². The molecule has 2 aliphatic rings. The van der Waals surface area contributed by atoms with Crippen molar-refractivity contribution in [3.05, 3.63) is 27.9 Å². The third-order valence-corrected chi connectivity index (χ3v) is 9.50. The number of nitrogens with zero attached hydrogens (tertiary/aromatic N) is 5. The molecule has 4 rings (SSSR count). The molecule has 4 heterocycles. The Bertz CT molecular complexity index is 1510. The molecular formula is C22H25N9O7S3. The zero-order valence-corrected chi connectivity index (χ0v) is 24.3. The predicted octanol–water partition coefficient (Wildman–Crippen LogP) is -2.08. The first-order valence-electron chi connectivity index (χ1n) is 11.7. The van der Waals surface area contributed by atoms with Crippen LogP contribution in [0.3, 0.4) is 0 Å². The fourth-order valence-electron chi connectivity index (χ4n) is 3.88. The topological polar surface area (TPSA) is 256 Å². The number of carbonyl (C=O) groups excluding carboxylic acids is 3. The minimum absolute atomic E-state index is 0.0112. The Hall–Kier alpha value is -4.10. The highest BCUT2D eigenvalue weighted by atomic mass is 32.2. The van der Waals surface area contributed by atoms with Crippen LogP contribution in [0.15, 0.2) is 27.0 Å². The van der Waals surface area contributed by atoms with Crippen molar-refractivity contribution in [1.82, 2.24) is 20.2 Å². The first kappa shape index (κ1) is 29.9. The number of nitrogens with two attached hydrogens (primary N) is 3. The highest BCUT2D eigenvalue weighted by molar-refractivity contribution is 8.01. The molecule has 2 unspecified atom stereocenters. The molecule has 2 amide bonds. The molecule has 0 aromatic carbocycles. The minimum Gasteiger partial charge on any atom is -0.543 e. The molecule has 8 N–H and O–H groups in total. The zero-order chi connectivity index (χ0) is 30.2. The molecule has 2 aliphatic heterocycles. The lowest BCUT2D eigenvalue weighted by atomic mass is 10.0. The maximum Gasteiger partial charge on any atom is 0.357 e. The summed E-state index contributed by atoms with van der Waals surface area (Å²) < 4.78 is 1.63. The third kappa shape index (κ3) is 5.59. The van der Waals surface area contributed by atoms with E-state index in [-0.39, 0.29) is 33.8 Å². The van der Waals surface area contributed by atoms with Gasteiger partial charge in [-0.3, -0.25) is 14.5 Å². The van der Waals surface area contributed by atoms with Crippen molar-refractivity contribution in [3.63, 3.8) is 0 Å². The van der Waals surface area contributed by atoms with Gasteiger partial charge in [0.25, 0.3) is 17.4 Å². The van der Waals surface area contributed by atoms with Gasteiger partial charge in [0.2, 0.25) is 11.6 Å². The van der Waals surface area contributed by atoms with E-state index in [2.05, 4.69) is 20.4 Å². The number of aliphatic carboxylic acids is 2. The Labute approximate surface area is 245 Å². The number of amides is 2. The Morgan fingerprint density at radius 3 is 2.71 bits per heavy atom. The molecule has 1 saturated heterocycles. The molecule has 16 nitrogen and oxygen atoms in total. The Morgan fingerprint density at radius 1 is 1.39 bits per heavy atom. The molecule has 1 fully saturated rings. The number of fused-ring (bicyclic) bond motifs is 1. The van der Waals surface area contributed by atoms with E-state index in [9.17, 15) is 29.4 Å². The van der Waals surface area contributed by atoms with Crippen molar-refractivity contribution in [2.45, 2.75) is 36.0 Å². The number of hydrogen-bond donors (Lipinski definition) is 5. The van der Waals surface area contributed by atoms with E-state index in [1.165, 1.54) is 35.8 Å². The van der Waals surface area contributed by atoms with Crippen LogP contribution >= 0.6 is 34.9 Å². The number of carboxylic acid groups (broad SMARTS) is 2. The highest BCUT2D eigenvalue weighted by Crippen LogP contribution is 2.41. The molecule has 0 aliphatic carbocycles. The monoisotopic (exact) mass is 623 g/mol. The summed E-state index contributed by atoms with van der Waals surface area (Å²) in [5, 5.41) is 28.8. The van der Waals surface area contributed by atoms with Crippen molar-refractivity contribution in [3.8, 4) is 0 Å². The maximum atomic E-state index is 12.9. The number of nitrogens with one attached hydrogen (secondary N) is 1. The van der Waals surface area contributed by atoms with Gasteiger partial charge in [-0.05, 0) is 31.2 Å². The lowest BCUT2D eigenvalue weighted by Crippen LogP contribution is -2.71. The summed E-state index contributed by atoms with van der Waals surface area (Å²) in [6.45, 7) is 2.92. The van der Waals surface area contributed by atoms with Gasteiger partial charge in [0.15, 0.2) is 5.13 Å². The number of β-lactam (4-membered cyclic amide) rings is 1. The number of oxime groups is 1. The van der Waals surface area contributed by atoms with Gasteiger partial charge in [-0.15, -0.1) is 23.1 Å². The van der Waals surface area contributed by atoms with E-state index < -0.39 is 40.8 Å². The van der Waals surface area contributed by atoms with Crippen LogP contribution < -0.4 is 32.2 Å². The fraction of sp³-hybridized carbons (Fsp3) is 0.364. The van der Waals surface area contributed by atoms with Gasteiger partial charge in [0.1, 0.15) is 23.3 Å². The van der Waals surface area contributed by atoms with E-state index in [4.69, 9.17) is 22.0 Å². The first-order chi connectivity index (χ1) is 19.3. The molecule has 0 spiro atoms. The van der Waals surface area contributed by atoms with Crippen molar-refractivity contribution in [2.24, 2.45) is 12.2 Å². The quantitative estimate of drug-likeness (QED) is 0.0475. The number of hydrogen-bond acceptors (Lipinski definition) is 15. The molecule has 19 heteroatoms. The second-order valence-electron chi connectivity index (χ2n) is 9.01. The number of carbonyl (C=O) groups is 4. The Morgan fingerprint density at radius 2 is 2.10 bits per heavy atom. The average Bonchev–Trinajstić information content (AvgIpc) is 3.37. The summed E-state index contributed by atoms with van der Waals surface area (Å²) >= 11 is 3.46. The number of anilines is 3. The standard InChI is InChI=1S/C22H25N9O7S3/c1-8-14(23)29-21(30(3)15(8)24)41-6-9-5-39-17-12(16(33)31(17)13(9)18(34)35)28-11(32)4-26-38-22(2,19(36)37)10-7-40-20(25)27-10/h4,7,12,17H,5-6H2,1-3H3,(H8,23,24,25,27,28,32,34,35,36,37)/b26-4-/t12?,17?,22-/m0/s1. The summed E-state index contributed by atoms with van der Waals surface area (Å²) in [6.07, 6.45) is 0.671. The molecule has 0 bridgehead atoms. The summed E-state index contributed by atoms with van der Waals surface area (Å²) in [5.41, 5.74) is 16.3. The van der Waals surface area contributed by atoms with Crippen LogP contribution in [0.1, 0.15) is 18.2 Å². The first-order valence-corrected chi connectivity index (χ1v) is 14.6. The van der Waals surface area contributed by atoms with E-state index in [1.807, 2.05) is 0 Å². The van der Waals surface area contributed by atoms with E-state index in [0.717, 1.165) is 16.2 Å². The molecule has 3 atom stereocenters. The van der Waals surface area contributed by atoms with Crippen LogP contribution in [-0.4, -0.2) is 72.9 Å². The van der Waals surface area contributed by atoms with Gasteiger partial charge in [-0.1, -0.05) is 10.1 Å². The van der Waals surface area contributed by atoms with Gasteiger partial charge in [0, 0.05) is 16.9 Å². The smallest absolute Gasteiger partial charge is 0.357 e. The van der Waals surface area contributed by atoms with Crippen LogP contribution in [0.4, 0.5) is 16.8 Å². The van der Waals surface area contributed by atoms with Gasteiger partial charge in [0.05, 0.1) is 24.3 Å². The van der Waals surface area contributed by atoms with Crippen molar-refractivity contribution >= 4 is 81.6 Å². The number of carboxylic acids is 2. The van der Waals surface area contributed by atoms with Gasteiger partial charge >= 0.3 is 11.1 Å². The Balaban J connectivity index is 1.42.